The molecular weight excluding hydrogens is 340 g/mol. The first-order valence-corrected chi connectivity index (χ1v) is 9.85. The Kier molecular flexibility index (Phi) is 5.02. The van der Waals surface area contributed by atoms with Gasteiger partial charge in [-0.05, 0) is 50.8 Å². The van der Waals surface area contributed by atoms with Crippen LogP contribution < -0.4 is 10.5 Å². The van der Waals surface area contributed by atoms with Gasteiger partial charge in [0.25, 0.3) is 5.56 Å². The number of anilines is 2. The quantitative estimate of drug-likeness (QED) is 0.830. The maximum absolute atomic E-state index is 13.1. The van der Waals surface area contributed by atoms with Crippen LogP contribution in [-0.2, 0) is 17.8 Å². The molecule has 1 aromatic carbocycles. The lowest BCUT2D eigenvalue weighted by Gasteiger charge is -2.39. The maximum Gasteiger partial charge on any atom is 0.259 e. The molecule has 0 radical (unpaired) electrons. The van der Waals surface area contributed by atoms with Crippen molar-refractivity contribution in [2.24, 2.45) is 0 Å². The van der Waals surface area contributed by atoms with Crippen LogP contribution in [0.5, 0.6) is 0 Å². The minimum atomic E-state index is 0.0784. The molecule has 0 spiro atoms. The normalized spacial score (nSPS) is 20.1. The van der Waals surface area contributed by atoms with Crippen LogP contribution >= 0.6 is 0 Å². The van der Waals surface area contributed by atoms with E-state index in [2.05, 4.69) is 41.0 Å². The zero-order valence-electron chi connectivity index (χ0n) is 16.4. The van der Waals surface area contributed by atoms with E-state index in [-0.39, 0.29) is 11.7 Å². The van der Waals surface area contributed by atoms with Crippen LogP contribution in [0, 0.1) is 13.8 Å². The van der Waals surface area contributed by atoms with Gasteiger partial charge in [-0.25, -0.2) is 4.98 Å². The summed E-state index contributed by atoms with van der Waals surface area (Å²) in [6.07, 6.45) is 3.17. The monoisotopic (exact) mass is 368 g/mol. The summed E-state index contributed by atoms with van der Waals surface area (Å²) >= 11 is 0. The SMILES string of the molecule is CCc1c(C)nc2n(c1=O)CN(CC1CCCO1)CN2c1cccc(C)c1. The summed E-state index contributed by atoms with van der Waals surface area (Å²) < 4.78 is 7.66. The molecule has 4 rings (SSSR count). The third kappa shape index (κ3) is 3.51. The van der Waals surface area contributed by atoms with Crippen molar-refractivity contribution in [3.8, 4) is 0 Å². The molecule has 6 heteroatoms. The predicted molar refractivity (Wildman–Crippen MR) is 106 cm³/mol. The Labute approximate surface area is 160 Å². The standard InChI is InChI=1S/C21H28N4O2/c1-4-19-16(3)22-21-24(17-8-5-7-15(2)11-17)13-23(14-25(21)20(19)26)12-18-9-6-10-27-18/h5,7-8,11,18H,4,6,9-10,12-14H2,1-3H3. The fraction of sp³-hybridized carbons (Fsp3) is 0.524. The van der Waals surface area contributed by atoms with Gasteiger partial charge in [0.15, 0.2) is 0 Å². The molecule has 1 unspecified atom stereocenters. The van der Waals surface area contributed by atoms with Gasteiger partial charge in [-0.15, -0.1) is 0 Å². The van der Waals surface area contributed by atoms with Gasteiger partial charge in [0, 0.05) is 30.1 Å². The van der Waals surface area contributed by atoms with E-state index in [0.29, 0.717) is 19.8 Å². The molecule has 6 nitrogen and oxygen atoms in total. The molecule has 1 aromatic heterocycles. The molecule has 2 aliphatic rings. The molecule has 1 saturated heterocycles. The van der Waals surface area contributed by atoms with Crippen LogP contribution in [0.4, 0.5) is 11.6 Å². The number of fused-ring (bicyclic) bond motifs is 1. The lowest BCUT2D eigenvalue weighted by atomic mass is 10.1. The van der Waals surface area contributed by atoms with Crippen molar-refractivity contribution in [2.45, 2.75) is 52.8 Å². The Bertz CT molecular complexity index is 886. The number of nitrogens with zero attached hydrogens (tertiary/aromatic N) is 4. The summed E-state index contributed by atoms with van der Waals surface area (Å²) in [5.41, 5.74) is 3.98. The summed E-state index contributed by atoms with van der Waals surface area (Å²) in [6.45, 7) is 9.00. The number of aromatic nitrogens is 2. The molecule has 3 heterocycles. The third-order valence-corrected chi connectivity index (χ3v) is 5.53. The first-order chi connectivity index (χ1) is 13.1. The zero-order chi connectivity index (χ0) is 19.0. The Morgan fingerprint density at radius 3 is 2.81 bits per heavy atom. The topological polar surface area (TPSA) is 50.6 Å². The first-order valence-electron chi connectivity index (χ1n) is 9.85. The number of ether oxygens (including phenoxy) is 1. The van der Waals surface area contributed by atoms with Crippen molar-refractivity contribution < 1.29 is 4.74 Å². The molecular formula is C21H28N4O2. The molecule has 2 aromatic rings. The van der Waals surface area contributed by atoms with Gasteiger partial charge in [-0.2, -0.15) is 0 Å². The predicted octanol–water partition coefficient (Wildman–Crippen LogP) is 2.97. The Hall–Kier alpha value is -2.18. The largest absolute Gasteiger partial charge is 0.377 e. The average molecular weight is 368 g/mol. The van der Waals surface area contributed by atoms with Gasteiger partial charge >= 0.3 is 0 Å². The van der Waals surface area contributed by atoms with Crippen LogP contribution in [-0.4, -0.2) is 40.4 Å². The second-order valence-electron chi connectivity index (χ2n) is 7.60. The van der Waals surface area contributed by atoms with E-state index in [1.165, 1.54) is 5.56 Å². The summed E-state index contributed by atoms with van der Waals surface area (Å²) in [5.74, 6) is 0.740. The lowest BCUT2D eigenvalue weighted by Crippen LogP contribution is -2.49. The fourth-order valence-electron chi connectivity index (χ4n) is 4.12. The highest BCUT2D eigenvalue weighted by Gasteiger charge is 2.29. The van der Waals surface area contributed by atoms with Crippen LogP contribution in [0.2, 0.25) is 0 Å². The van der Waals surface area contributed by atoms with Crippen LogP contribution in [0.3, 0.4) is 0 Å². The molecule has 0 amide bonds. The summed E-state index contributed by atoms with van der Waals surface area (Å²) in [5, 5.41) is 0. The number of rotatable bonds is 4. The van der Waals surface area contributed by atoms with Crippen molar-refractivity contribution in [1.29, 1.82) is 0 Å². The Morgan fingerprint density at radius 1 is 1.26 bits per heavy atom. The van der Waals surface area contributed by atoms with Crippen LogP contribution in [0.25, 0.3) is 0 Å². The van der Waals surface area contributed by atoms with Crippen molar-refractivity contribution in [3.63, 3.8) is 0 Å². The van der Waals surface area contributed by atoms with Gasteiger partial charge in [0.2, 0.25) is 5.95 Å². The second-order valence-corrected chi connectivity index (χ2v) is 7.60. The van der Waals surface area contributed by atoms with E-state index in [0.717, 1.165) is 48.9 Å². The van der Waals surface area contributed by atoms with Crippen LogP contribution in [0.15, 0.2) is 29.1 Å². The fourth-order valence-corrected chi connectivity index (χ4v) is 4.12. The molecule has 0 bridgehead atoms. The number of hydrogen-bond donors (Lipinski definition) is 0. The molecule has 0 aliphatic carbocycles. The van der Waals surface area contributed by atoms with Gasteiger partial charge in [0.05, 0.1) is 19.4 Å². The lowest BCUT2D eigenvalue weighted by molar-refractivity contribution is 0.0584. The zero-order valence-corrected chi connectivity index (χ0v) is 16.4. The van der Waals surface area contributed by atoms with E-state index in [9.17, 15) is 4.79 Å². The Balaban J connectivity index is 1.77. The number of benzene rings is 1. The number of hydrogen-bond acceptors (Lipinski definition) is 5. The van der Waals surface area contributed by atoms with E-state index in [1.807, 2.05) is 18.4 Å². The van der Waals surface area contributed by atoms with E-state index < -0.39 is 0 Å². The van der Waals surface area contributed by atoms with Gasteiger partial charge in [-0.1, -0.05) is 19.1 Å². The van der Waals surface area contributed by atoms with E-state index in [1.54, 1.807) is 0 Å². The molecule has 0 N–H and O–H groups in total. The van der Waals surface area contributed by atoms with Crippen molar-refractivity contribution in [1.82, 2.24) is 14.5 Å². The van der Waals surface area contributed by atoms with Crippen molar-refractivity contribution in [2.75, 3.05) is 24.7 Å². The van der Waals surface area contributed by atoms with Crippen LogP contribution in [0.1, 0.15) is 36.6 Å². The molecule has 1 fully saturated rings. The number of aryl methyl sites for hydroxylation is 2. The minimum Gasteiger partial charge on any atom is -0.377 e. The van der Waals surface area contributed by atoms with Gasteiger partial charge < -0.3 is 4.74 Å². The Morgan fingerprint density at radius 2 is 2.11 bits per heavy atom. The van der Waals surface area contributed by atoms with E-state index in [4.69, 9.17) is 9.72 Å². The maximum atomic E-state index is 13.1. The smallest absolute Gasteiger partial charge is 0.259 e. The summed E-state index contributed by atoms with van der Waals surface area (Å²) in [7, 11) is 0. The molecule has 2 aliphatic heterocycles. The second kappa shape index (κ2) is 7.44. The highest BCUT2D eigenvalue weighted by molar-refractivity contribution is 5.59. The van der Waals surface area contributed by atoms with E-state index >= 15 is 0 Å². The van der Waals surface area contributed by atoms with Crippen molar-refractivity contribution in [3.05, 3.63) is 51.4 Å². The third-order valence-electron chi connectivity index (χ3n) is 5.53. The molecule has 1 atom stereocenters. The van der Waals surface area contributed by atoms with Gasteiger partial charge in [0.1, 0.15) is 0 Å². The average Bonchev–Trinajstić information content (AvgIpc) is 3.15. The first kappa shape index (κ1) is 18.2. The highest BCUT2D eigenvalue weighted by Crippen LogP contribution is 2.29. The molecule has 144 valence electrons. The molecule has 27 heavy (non-hydrogen) atoms. The van der Waals surface area contributed by atoms with Gasteiger partial charge in [-0.3, -0.25) is 19.2 Å². The summed E-state index contributed by atoms with van der Waals surface area (Å²) in [4.78, 5) is 22.4. The summed E-state index contributed by atoms with van der Waals surface area (Å²) in [6, 6.07) is 8.38. The highest BCUT2D eigenvalue weighted by atomic mass is 16.5. The van der Waals surface area contributed by atoms with Crippen molar-refractivity contribution >= 4 is 11.6 Å². The molecule has 0 saturated carbocycles. The minimum absolute atomic E-state index is 0.0784.